The van der Waals surface area contributed by atoms with Crippen LogP contribution in [-0.4, -0.2) is 85.1 Å². The Morgan fingerprint density at radius 1 is 1.23 bits per heavy atom. The quantitative estimate of drug-likeness (QED) is 0.481. The summed E-state index contributed by atoms with van der Waals surface area (Å²) in [6.07, 6.45) is -0.0694. The number of nitrogens with zero attached hydrogens (tertiary/aromatic N) is 2. The molecule has 3 heterocycles. The highest BCUT2D eigenvalue weighted by molar-refractivity contribution is 4.95. The average Bonchev–Trinajstić information content (AvgIpc) is 3.15. The Morgan fingerprint density at radius 3 is 2.55 bits per heavy atom. The van der Waals surface area contributed by atoms with Crippen molar-refractivity contribution in [3.8, 4) is 0 Å². The van der Waals surface area contributed by atoms with Crippen molar-refractivity contribution in [2.24, 2.45) is 0 Å². The lowest BCUT2D eigenvalue weighted by molar-refractivity contribution is -0.769. The first-order chi connectivity index (χ1) is 10.6. The number of fused-ring (bicyclic) bond motifs is 1. The Labute approximate surface area is 128 Å². The van der Waals surface area contributed by atoms with Crippen LogP contribution in [0.5, 0.6) is 0 Å². The van der Waals surface area contributed by atoms with Gasteiger partial charge in [-0.25, -0.2) is 0 Å². The van der Waals surface area contributed by atoms with Gasteiger partial charge in [0.25, 0.3) is 5.09 Å². The number of aliphatic hydroxyl groups excluding tert-OH is 1. The van der Waals surface area contributed by atoms with Gasteiger partial charge in [-0.3, -0.25) is 0 Å². The number of hydrogen-bond donors (Lipinski definition) is 1. The monoisotopic (exact) mass is 318 g/mol. The van der Waals surface area contributed by atoms with Gasteiger partial charge in [-0.05, 0) is 25.9 Å². The lowest BCUT2D eigenvalue weighted by Crippen LogP contribution is -2.38. The van der Waals surface area contributed by atoms with Gasteiger partial charge in [-0.15, -0.1) is 10.1 Å². The van der Waals surface area contributed by atoms with Gasteiger partial charge in [0.2, 0.25) is 0 Å². The lowest BCUT2D eigenvalue weighted by atomic mass is 10.1. The number of aliphatic hydroxyl groups is 1. The highest BCUT2D eigenvalue weighted by atomic mass is 17.0. The molecule has 0 aromatic rings. The van der Waals surface area contributed by atoms with Gasteiger partial charge in [0.1, 0.15) is 18.3 Å². The molecule has 22 heavy (non-hydrogen) atoms. The second-order valence-corrected chi connectivity index (χ2v) is 6.00. The fourth-order valence-corrected chi connectivity index (χ4v) is 3.32. The van der Waals surface area contributed by atoms with Crippen LogP contribution < -0.4 is 0 Å². The van der Waals surface area contributed by atoms with Gasteiger partial charge in [0.05, 0.1) is 25.9 Å². The van der Waals surface area contributed by atoms with Crippen molar-refractivity contribution in [2.45, 2.75) is 43.4 Å². The molecule has 126 valence electrons. The number of rotatable bonds is 7. The van der Waals surface area contributed by atoms with Crippen LogP contribution in [0.2, 0.25) is 0 Å². The van der Waals surface area contributed by atoms with Crippen molar-refractivity contribution in [3.63, 3.8) is 0 Å². The van der Waals surface area contributed by atoms with E-state index in [1.165, 1.54) is 12.8 Å². The SMILES string of the molecule is O=[N+]([O-])O[C@@H]1CO[C@H]2[C@@H]1OC[C@@H]2OCC(O)CN1CCCC1. The highest BCUT2D eigenvalue weighted by Crippen LogP contribution is 2.30. The molecule has 1 unspecified atom stereocenters. The van der Waals surface area contributed by atoms with Crippen LogP contribution in [0, 0.1) is 10.1 Å². The first-order valence-corrected chi connectivity index (χ1v) is 7.70. The molecule has 5 atom stereocenters. The summed E-state index contributed by atoms with van der Waals surface area (Å²) in [5, 5.41) is 19.6. The molecule has 0 spiro atoms. The topological polar surface area (TPSA) is 104 Å². The zero-order chi connectivity index (χ0) is 15.5. The Bertz CT molecular complexity index is 391. The Hall–Kier alpha value is -1.00. The maximum atomic E-state index is 10.4. The highest BCUT2D eigenvalue weighted by Gasteiger charge is 2.50. The van der Waals surface area contributed by atoms with Crippen LogP contribution in [0.25, 0.3) is 0 Å². The van der Waals surface area contributed by atoms with Gasteiger partial charge in [-0.1, -0.05) is 0 Å². The molecule has 3 fully saturated rings. The molecule has 0 saturated carbocycles. The Balaban J connectivity index is 1.41. The van der Waals surface area contributed by atoms with Crippen molar-refractivity contribution >= 4 is 0 Å². The van der Waals surface area contributed by atoms with Gasteiger partial charge in [-0.2, -0.15) is 0 Å². The summed E-state index contributed by atoms with van der Waals surface area (Å²) in [5.74, 6) is 0. The zero-order valence-corrected chi connectivity index (χ0v) is 12.3. The molecule has 3 saturated heterocycles. The fourth-order valence-electron chi connectivity index (χ4n) is 3.32. The number of hydrogen-bond acceptors (Lipinski definition) is 8. The van der Waals surface area contributed by atoms with Crippen LogP contribution in [0.3, 0.4) is 0 Å². The molecule has 1 N–H and O–H groups in total. The molecule has 9 nitrogen and oxygen atoms in total. The maximum absolute atomic E-state index is 10.4. The predicted octanol–water partition coefficient (Wildman–Crippen LogP) is -0.797. The second kappa shape index (κ2) is 7.05. The first kappa shape index (κ1) is 15.9. The van der Waals surface area contributed by atoms with Gasteiger partial charge < -0.3 is 29.1 Å². The molecular formula is C13H22N2O7. The summed E-state index contributed by atoms with van der Waals surface area (Å²) in [5.41, 5.74) is 0. The molecule has 0 amide bonds. The van der Waals surface area contributed by atoms with E-state index in [-0.39, 0.29) is 25.4 Å². The van der Waals surface area contributed by atoms with E-state index in [0.29, 0.717) is 13.2 Å². The molecule has 0 aliphatic carbocycles. The summed E-state index contributed by atoms with van der Waals surface area (Å²) in [7, 11) is 0. The smallest absolute Gasteiger partial charge is 0.294 e. The molecule has 0 aromatic carbocycles. The molecule has 3 aliphatic heterocycles. The van der Waals surface area contributed by atoms with E-state index in [4.69, 9.17) is 14.2 Å². The van der Waals surface area contributed by atoms with Crippen molar-refractivity contribution < 1.29 is 29.2 Å². The lowest BCUT2D eigenvalue weighted by Gasteiger charge is -2.22. The summed E-state index contributed by atoms with van der Waals surface area (Å²) in [6, 6.07) is 0. The van der Waals surface area contributed by atoms with Gasteiger partial charge in [0.15, 0.2) is 6.10 Å². The minimum Gasteiger partial charge on any atom is -0.389 e. The fraction of sp³-hybridized carbons (Fsp3) is 1.00. The van der Waals surface area contributed by atoms with Crippen molar-refractivity contribution in [1.82, 2.24) is 4.90 Å². The number of likely N-dealkylation sites (tertiary alicyclic amines) is 1. The van der Waals surface area contributed by atoms with Gasteiger partial charge >= 0.3 is 0 Å². The van der Waals surface area contributed by atoms with Crippen LogP contribution in [0.4, 0.5) is 0 Å². The van der Waals surface area contributed by atoms with Crippen molar-refractivity contribution in [1.29, 1.82) is 0 Å². The summed E-state index contributed by atoms with van der Waals surface area (Å²) in [4.78, 5) is 17.2. The van der Waals surface area contributed by atoms with E-state index < -0.39 is 23.4 Å². The van der Waals surface area contributed by atoms with E-state index in [2.05, 4.69) is 9.74 Å². The van der Waals surface area contributed by atoms with Crippen LogP contribution in [-0.2, 0) is 19.0 Å². The Kier molecular flexibility index (Phi) is 5.09. The maximum Gasteiger partial charge on any atom is 0.294 e. The summed E-state index contributed by atoms with van der Waals surface area (Å²) < 4.78 is 16.7. The Morgan fingerprint density at radius 2 is 1.86 bits per heavy atom. The standard InChI is InChI=1S/C13H22N2O7/c16-9(5-14-3-1-2-4-14)6-19-10-7-20-13-11(22-15(17)18)8-21-12(10)13/h9-13,16H,1-8H2/t9?,10-,11+,12+,13+/m0/s1. The average molecular weight is 318 g/mol. The molecule has 3 aliphatic rings. The van der Waals surface area contributed by atoms with Crippen LogP contribution >= 0.6 is 0 Å². The molecular weight excluding hydrogens is 296 g/mol. The van der Waals surface area contributed by atoms with Crippen molar-refractivity contribution in [2.75, 3.05) is 39.5 Å². The minimum atomic E-state index is -0.826. The van der Waals surface area contributed by atoms with Crippen LogP contribution in [0.15, 0.2) is 0 Å². The van der Waals surface area contributed by atoms with E-state index in [1.54, 1.807) is 0 Å². The third-order valence-corrected chi connectivity index (χ3v) is 4.35. The van der Waals surface area contributed by atoms with E-state index in [9.17, 15) is 15.2 Å². The van der Waals surface area contributed by atoms with E-state index >= 15 is 0 Å². The summed E-state index contributed by atoms with van der Waals surface area (Å²) in [6.45, 7) is 3.28. The third kappa shape index (κ3) is 3.66. The predicted molar refractivity (Wildman–Crippen MR) is 72.8 cm³/mol. The molecule has 9 heteroatoms. The minimum absolute atomic E-state index is 0.118. The second-order valence-electron chi connectivity index (χ2n) is 6.00. The first-order valence-electron chi connectivity index (χ1n) is 7.70. The number of β-amino-alcohol motifs (C(OH)–C–C–N with tert-alkyl or cyclic N) is 1. The molecule has 0 radical (unpaired) electrons. The normalized spacial score (nSPS) is 36.4. The molecule has 0 aromatic heterocycles. The number of ether oxygens (including phenoxy) is 3. The van der Waals surface area contributed by atoms with E-state index in [0.717, 1.165) is 13.1 Å². The summed E-state index contributed by atoms with van der Waals surface area (Å²) >= 11 is 0. The zero-order valence-electron chi connectivity index (χ0n) is 12.3. The largest absolute Gasteiger partial charge is 0.389 e. The van der Waals surface area contributed by atoms with Crippen LogP contribution in [0.1, 0.15) is 12.8 Å². The van der Waals surface area contributed by atoms with Gasteiger partial charge in [0, 0.05) is 6.54 Å². The molecule has 3 rings (SSSR count). The molecule has 0 bridgehead atoms. The van der Waals surface area contributed by atoms with E-state index in [1.807, 2.05) is 0 Å². The van der Waals surface area contributed by atoms with Crippen molar-refractivity contribution in [3.05, 3.63) is 10.1 Å². The third-order valence-electron chi connectivity index (χ3n) is 4.35.